The molecule has 1 aliphatic heterocycles. The molecule has 1 N–H and O–H groups in total. The third kappa shape index (κ3) is 4.81. The van der Waals surface area contributed by atoms with Gasteiger partial charge in [0.25, 0.3) is 0 Å². The number of hydrogen-bond acceptors (Lipinski definition) is 4. The van der Waals surface area contributed by atoms with Crippen LogP contribution in [-0.4, -0.2) is 53.4 Å². The molecular weight excluding hydrogens is 348 g/mol. The molecule has 26 heavy (non-hydrogen) atoms. The molecule has 2 aromatic rings. The summed E-state index contributed by atoms with van der Waals surface area (Å²) in [5, 5.41) is 3.64. The molecule has 0 radical (unpaired) electrons. The minimum Gasteiger partial charge on any atom is -0.325 e. The first-order chi connectivity index (χ1) is 12.5. The van der Waals surface area contributed by atoms with Crippen molar-refractivity contribution in [1.29, 1.82) is 0 Å². The lowest BCUT2D eigenvalue weighted by atomic mass is 10.2. The predicted molar refractivity (Wildman–Crippen MR) is 106 cm³/mol. The first kappa shape index (κ1) is 18.8. The third-order valence-electron chi connectivity index (χ3n) is 4.88. The van der Waals surface area contributed by atoms with Crippen molar-refractivity contribution in [3.63, 3.8) is 0 Å². The maximum absolute atomic E-state index is 12.3. The fourth-order valence-corrected chi connectivity index (χ4v) is 3.34. The van der Waals surface area contributed by atoms with Gasteiger partial charge in [-0.15, -0.1) is 0 Å². The number of piperazine rings is 1. The van der Waals surface area contributed by atoms with Crippen molar-refractivity contribution < 1.29 is 4.79 Å². The van der Waals surface area contributed by atoms with E-state index in [0.717, 1.165) is 49.7 Å². The third-order valence-corrected chi connectivity index (χ3v) is 5.29. The number of aromatic nitrogens is 1. The molecule has 0 aliphatic carbocycles. The van der Waals surface area contributed by atoms with E-state index in [1.807, 2.05) is 44.3 Å². The van der Waals surface area contributed by atoms with Crippen LogP contribution in [0.5, 0.6) is 0 Å². The highest BCUT2D eigenvalue weighted by Gasteiger charge is 2.20. The number of carbonyl (C=O) groups is 1. The molecule has 0 saturated carbocycles. The van der Waals surface area contributed by atoms with E-state index in [4.69, 9.17) is 11.6 Å². The zero-order chi connectivity index (χ0) is 18.5. The summed E-state index contributed by atoms with van der Waals surface area (Å²) in [6, 6.07) is 9.68. The van der Waals surface area contributed by atoms with Crippen LogP contribution in [0.4, 0.5) is 5.69 Å². The van der Waals surface area contributed by atoms with Gasteiger partial charge in [-0.05, 0) is 43.2 Å². The molecule has 0 atom stereocenters. The van der Waals surface area contributed by atoms with Crippen LogP contribution >= 0.6 is 11.6 Å². The van der Waals surface area contributed by atoms with Crippen molar-refractivity contribution in [2.24, 2.45) is 0 Å². The molecule has 1 aromatic heterocycles. The molecule has 0 spiro atoms. The summed E-state index contributed by atoms with van der Waals surface area (Å²) in [6.07, 6.45) is 1.83. The van der Waals surface area contributed by atoms with Gasteiger partial charge >= 0.3 is 0 Å². The number of carbonyl (C=O) groups excluding carboxylic acids is 1. The molecule has 3 rings (SSSR count). The van der Waals surface area contributed by atoms with Crippen molar-refractivity contribution in [2.75, 3.05) is 38.0 Å². The number of hydrogen-bond donors (Lipinski definition) is 1. The smallest absolute Gasteiger partial charge is 0.238 e. The number of aryl methyl sites for hydroxylation is 1. The largest absolute Gasteiger partial charge is 0.325 e. The molecular formula is C20H25ClN4O. The number of pyridine rings is 1. The SMILES string of the molecule is Cc1ncccc1CN1CCN(CC(=O)Nc2cccc(Cl)c2C)CC1. The Bertz CT molecular complexity index is 772. The summed E-state index contributed by atoms with van der Waals surface area (Å²) in [7, 11) is 0. The van der Waals surface area contributed by atoms with Crippen LogP contribution < -0.4 is 5.32 Å². The van der Waals surface area contributed by atoms with Crippen molar-refractivity contribution in [2.45, 2.75) is 20.4 Å². The number of benzene rings is 1. The normalized spacial score (nSPS) is 15.8. The lowest BCUT2D eigenvalue weighted by Crippen LogP contribution is -2.48. The van der Waals surface area contributed by atoms with Crippen LogP contribution in [-0.2, 0) is 11.3 Å². The number of amides is 1. The maximum Gasteiger partial charge on any atom is 0.238 e. The van der Waals surface area contributed by atoms with Crippen LogP contribution in [0.1, 0.15) is 16.8 Å². The van der Waals surface area contributed by atoms with Crippen LogP contribution in [0, 0.1) is 13.8 Å². The minimum absolute atomic E-state index is 0.00641. The van der Waals surface area contributed by atoms with Gasteiger partial charge in [-0.1, -0.05) is 23.7 Å². The Hall–Kier alpha value is -1.95. The quantitative estimate of drug-likeness (QED) is 0.876. The summed E-state index contributed by atoms with van der Waals surface area (Å²) >= 11 is 6.11. The fourth-order valence-electron chi connectivity index (χ4n) is 3.17. The van der Waals surface area contributed by atoms with E-state index in [-0.39, 0.29) is 5.91 Å². The number of nitrogens with zero attached hydrogens (tertiary/aromatic N) is 3. The molecule has 2 heterocycles. The molecule has 1 saturated heterocycles. The molecule has 5 nitrogen and oxygen atoms in total. The van der Waals surface area contributed by atoms with Gasteiger partial charge in [0, 0.05) is 55.3 Å². The lowest BCUT2D eigenvalue weighted by Gasteiger charge is -2.34. The van der Waals surface area contributed by atoms with Gasteiger partial charge in [0.05, 0.1) is 6.54 Å². The monoisotopic (exact) mass is 372 g/mol. The van der Waals surface area contributed by atoms with Crippen molar-refractivity contribution in [1.82, 2.24) is 14.8 Å². The van der Waals surface area contributed by atoms with Crippen LogP contribution in [0.2, 0.25) is 5.02 Å². The van der Waals surface area contributed by atoms with E-state index >= 15 is 0 Å². The maximum atomic E-state index is 12.3. The second kappa shape index (κ2) is 8.62. The first-order valence-corrected chi connectivity index (χ1v) is 9.31. The van der Waals surface area contributed by atoms with Gasteiger partial charge in [-0.2, -0.15) is 0 Å². The molecule has 0 unspecified atom stereocenters. The average Bonchev–Trinajstić information content (AvgIpc) is 2.62. The van der Waals surface area contributed by atoms with Gasteiger partial charge in [0.15, 0.2) is 0 Å². The standard InChI is InChI=1S/C20H25ClN4O/c1-15-18(21)6-3-7-19(15)23-20(26)14-25-11-9-24(10-12-25)13-17-5-4-8-22-16(17)2/h3-8H,9-14H2,1-2H3,(H,23,26). The Morgan fingerprint density at radius 3 is 2.58 bits per heavy atom. The summed E-state index contributed by atoms with van der Waals surface area (Å²) < 4.78 is 0. The molecule has 1 amide bonds. The summed E-state index contributed by atoms with van der Waals surface area (Å²) in [6.45, 7) is 8.98. The Labute approximate surface area is 160 Å². The van der Waals surface area contributed by atoms with E-state index in [2.05, 4.69) is 26.2 Å². The second-order valence-electron chi connectivity index (χ2n) is 6.76. The van der Waals surface area contributed by atoms with Gasteiger partial charge in [0.1, 0.15) is 0 Å². The summed E-state index contributed by atoms with van der Waals surface area (Å²) in [4.78, 5) is 21.3. The van der Waals surface area contributed by atoms with Crippen molar-refractivity contribution in [3.05, 3.63) is 58.4 Å². The highest BCUT2D eigenvalue weighted by atomic mass is 35.5. The summed E-state index contributed by atoms with van der Waals surface area (Å²) in [5.41, 5.74) is 4.05. The van der Waals surface area contributed by atoms with Crippen molar-refractivity contribution in [3.8, 4) is 0 Å². The van der Waals surface area contributed by atoms with Gasteiger partial charge < -0.3 is 5.32 Å². The zero-order valence-corrected chi connectivity index (χ0v) is 16.1. The fraction of sp³-hybridized carbons (Fsp3) is 0.400. The average molecular weight is 373 g/mol. The first-order valence-electron chi connectivity index (χ1n) is 8.93. The van der Waals surface area contributed by atoms with Gasteiger partial charge in [0.2, 0.25) is 5.91 Å². The molecule has 138 valence electrons. The van der Waals surface area contributed by atoms with Crippen LogP contribution in [0.3, 0.4) is 0 Å². The van der Waals surface area contributed by atoms with E-state index in [1.54, 1.807) is 0 Å². The number of halogens is 1. The Balaban J connectivity index is 1.47. The highest BCUT2D eigenvalue weighted by Crippen LogP contribution is 2.22. The van der Waals surface area contributed by atoms with E-state index in [1.165, 1.54) is 5.56 Å². The molecule has 0 bridgehead atoms. The van der Waals surface area contributed by atoms with E-state index in [9.17, 15) is 4.79 Å². The van der Waals surface area contributed by atoms with Crippen molar-refractivity contribution >= 4 is 23.2 Å². The van der Waals surface area contributed by atoms with Crippen LogP contribution in [0.15, 0.2) is 36.5 Å². The lowest BCUT2D eigenvalue weighted by molar-refractivity contribution is -0.117. The Kier molecular flexibility index (Phi) is 6.25. The highest BCUT2D eigenvalue weighted by molar-refractivity contribution is 6.31. The topological polar surface area (TPSA) is 48.5 Å². The molecule has 1 aromatic carbocycles. The van der Waals surface area contributed by atoms with Gasteiger partial charge in [-0.25, -0.2) is 0 Å². The van der Waals surface area contributed by atoms with Crippen LogP contribution in [0.25, 0.3) is 0 Å². The summed E-state index contributed by atoms with van der Waals surface area (Å²) in [5.74, 6) is 0.00641. The number of anilines is 1. The minimum atomic E-state index is 0.00641. The number of nitrogens with one attached hydrogen (secondary N) is 1. The molecule has 1 fully saturated rings. The molecule has 6 heteroatoms. The zero-order valence-electron chi connectivity index (χ0n) is 15.3. The number of rotatable bonds is 5. The van der Waals surface area contributed by atoms with Gasteiger partial charge in [-0.3, -0.25) is 19.6 Å². The second-order valence-corrected chi connectivity index (χ2v) is 7.17. The predicted octanol–water partition coefficient (Wildman–Crippen LogP) is 3.11. The Morgan fingerprint density at radius 1 is 1.12 bits per heavy atom. The molecule has 1 aliphatic rings. The Morgan fingerprint density at radius 2 is 1.85 bits per heavy atom. The van der Waals surface area contributed by atoms with E-state index < -0.39 is 0 Å². The van der Waals surface area contributed by atoms with E-state index in [0.29, 0.717) is 11.6 Å².